The van der Waals surface area contributed by atoms with Crippen LogP contribution in [0.3, 0.4) is 0 Å². The van der Waals surface area contributed by atoms with Crippen molar-refractivity contribution in [3.05, 3.63) is 40.2 Å². The summed E-state index contributed by atoms with van der Waals surface area (Å²) in [5.41, 5.74) is 0.831. The maximum absolute atomic E-state index is 11.8. The third-order valence-electron chi connectivity index (χ3n) is 4.48. The van der Waals surface area contributed by atoms with Crippen LogP contribution in [-0.2, 0) is 28.6 Å². The lowest BCUT2D eigenvalue weighted by molar-refractivity contribution is -0.180. The van der Waals surface area contributed by atoms with Gasteiger partial charge in [0.15, 0.2) is 18.3 Å². The van der Waals surface area contributed by atoms with Gasteiger partial charge in [-0.1, -0.05) is 0 Å². The molecule has 1 aliphatic heterocycles. The molecule has 0 N–H and O–H groups in total. The highest BCUT2D eigenvalue weighted by atomic mass is 32.2. The molecule has 0 saturated carbocycles. The van der Waals surface area contributed by atoms with Gasteiger partial charge in [-0.3, -0.25) is 14.4 Å². The number of benzene rings is 1. The number of carbonyl (C=O) groups excluding carboxylic acids is 3. The third-order valence-corrected chi connectivity index (χ3v) is 7.32. The lowest BCUT2D eigenvalue weighted by Gasteiger charge is -2.39. The first-order chi connectivity index (χ1) is 14.6. The zero-order valence-corrected chi connectivity index (χ0v) is 19.0. The molecule has 31 heavy (non-hydrogen) atoms. The Kier molecular flexibility index (Phi) is 7.32. The highest BCUT2D eigenvalue weighted by Crippen LogP contribution is 2.42. The van der Waals surface area contributed by atoms with Crippen LogP contribution in [0.25, 0.3) is 11.0 Å². The van der Waals surface area contributed by atoms with Crippen LogP contribution in [0.4, 0.5) is 0 Å². The molecular weight excluding hydrogens is 444 g/mol. The molecule has 8 nitrogen and oxygen atoms in total. The number of hydrogen-bond acceptors (Lipinski definition) is 10. The van der Waals surface area contributed by atoms with E-state index in [0.29, 0.717) is 11.3 Å². The fourth-order valence-electron chi connectivity index (χ4n) is 3.32. The summed E-state index contributed by atoms with van der Waals surface area (Å²) in [5.74, 6) is -1.28. The van der Waals surface area contributed by atoms with Gasteiger partial charge in [0.05, 0.1) is 4.58 Å². The summed E-state index contributed by atoms with van der Waals surface area (Å²) in [6.07, 6.45) is -2.54. The molecular formula is C21H22O8S2. The van der Waals surface area contributed by atoms with Crippen molar-refractivity contribution in [3.8, 4) is 0 Å². The molecule has 166 valence electrons. The normalized spacial score (nSPS) is 23.2. The minimum atomic E-state index is -0.940. The number of carbonyl (C=O) groups is 3. The van der Waals surface area contributed by atoms with Crippen LogP contribution in [0.15, 0.2) is 38.4 Å². The fraction of sp³-hybridized carbons (Fsp3) is 0.429. The summed E-state index contributed by atoms with van der Waals surface area (Å²) in [6, 6.07) is 6.92. The van der Waals surface area contributed by atoms with E-state index < -0.39 is 41.8 Å². The molecule has 1 aliphatic rings. The number of aryl methyl sites for hydroxylation is 1. The van der Waals surface area contributed by atoms with Crippen molar-refractivity contribution in [1.29, 1.82) is 0 Å². The summed E-state index contributed by atoms with van der Waals surface area (Å²) in [6.45, 7) is 5.61. The monoisotopic (exact) mass is 466 g/mol. The second-order valence-electron chi connectivity index (χ2n) is 7.02. The Morgan fingerprint density at radius 1 is 1.00 bits per heavy atom. The number of thioether (sulfide) groups is 2. The zero-order valence-electron chi connectivity index (χ0n) is 17.4. The molecule has 1 fully saturated rings. The van der Waals surface area contributed by atoms with Gasteiger partial charge in [-0.2, -0.15) is 0 Å². The minimum absolute atomic E-state index is 0.353. The van der Waals surface area contributed by atoms with E-state index in [1.165, 1.54) is 50.4 Å². The van der Waals surface area contributed by atoms with E-state index in [-0.39, 0.29) is 4.58 Å². The molecule has 1 aromatic carbocycles. The molecule has 1 aromatic heterocycles. The maximum atomic E-state index is 11.8. The van der Waals surface area contributed by atoms with Gasteiger partial charge < -0.3 is 18.6 Å². The Balaban J connectivity index is 1.92. The molecule has 0 unspecified atom stereocenters. The summed E-state index contributed by atoms with van der Waals surface area (Å²) < 4.78 is 21.2. The quantitative estimate of drug-likeness (QED) is 0.370. The van der Waals surface area contributed by atoms with E-state index in [9.17, 15) is 19.2 Å². The van der Waals surface area contributed by atoms with Gasteiger partial charge in [-0.25, -0.2) is 4.79 Å². The van der Waals surface area contributed by atoms with E-state index in [2.05, 4.69) is 0 Å². The predicted molar refractivity (Wildman–Crippen MR) is 116 cm³/mol. The minimum Gasteiger partial charge on any atom is -0.458 e. The molecule has 0 bridgehead atoms. The van der Waals surface area contributed by atoms with Crippen LogP contribution in [-0.4, -0.2) is 46.6 Å². The second kappa shape index (κ2) is 9.78. The number of ether oxygens (including phenoxy) is 3. The Morgan fingerprint density at radius 2 is 1.65 bits per heavy atom. The predicted octanol–water partition coefficient (Wildman–Crippen LogP) is 3.06. The van der Waals surface area contributed by atoms with E-state index in [1.54, 1.807) is 6.07 Å². The Morgan fingerprint density at radius 3 is 2.29 bits per heavy atom. The van der Waals surface area contributed by atoms with Crippen molar-refractivity contribution in [2.45, 2.75) is 55.5 Å². The van der Waals surface area contributed by atoms with Crippen LogP contribution in [0, 0.1) is 6.92 Å². The largest absolute Gasteiger partial charge is 0.458 e. The van der Waals surface area contributed by atoms with E-state index in [1.807, 2.05) is 19.1 Å². The van der Waals surface area contributed by atoms with E-state index in [0.717, 1.165) is 15.8 Å². The van der Waals surface area contributed by atoms with E-state index in [4.69, 9.17) is 18.6 Å². The van der Waals surface area contributed by atoms with Gasteiger partial charge in [-0.15, -0.1) is 23.5 Å². The second-order valence-corrected chi connectivity index (χ2v) is 9.71. The Bertz CT molecular complexity index is 1060. The van der Waals surface area contributed by atoms with Crippen LogP contribution >= 0.6 is 23.5 Å². The number of esters is 3. The first kappa shape index (κ1) is 23.2. The third kappa shape index (κ3) is 5.82. The molecule has 2 aromatic rings. The first-order valence-electron chi connectivity index (χ1n) is 9.48. The van der Waals surface area contributed by atoms with Crippen molar-refractivity contribution in [3.63, 3.8) is 0 Å². The van der Waals surface area contributed by atoms with Crippen molar-refractivity contribution in [1.82, 2.24) is 0 Å². The molecule has 0 aliphatic carbocycles. The molecule has 2 heterocycles. The van der Waals surface area contributed by atoms with Gasteiger partial charge in [0.1, 0.15) is 5.58 Å². The highest BCUT2D eigenvalue weighted by Gasteiger charge is 2.46. The average Bonchev–Trinajstić information content (AvgIpc) is 2.64. The van der Waals surface area contributed by atoms with Crippen molar-refractivity contribution < 1.29 is 33.0 Å². The summed E-state index contributed by atoms with van der Waals surface area (Å²) in [5, 5.41) is 0.824. The lowest BCUT2D eigenvalue weighted by atomic mass is 10.1. The molecule has 4 atom stereocenters. The van der Waals surface area contributed by atoms with Gasteiger partial charge >= 0.3 is 23.5 Å². The molecule has 1 saturated heterocycles. The van der Waals surface area contributed by atoms with Crippen LogP contribution in [0.5, 0.6) is 0 Å². The smallest absolute Gasteiger partial charge is 0.336 e. The average molecular weight is 467 g/mol. The van der Waals surface area contributed by atoms with Gasteiger partial charge in [0, 0.05) is 42.9 Å². The molecule has 10 heteroatoms. The number of fused-ring (bicyclic) bond motifs is 1. The number of hydrogen-bond donors (Lipinski definition) is 0. The number of rotatable bonds is 5. The maximum Gasteiger partial charge on any atom is 0.336 e. The molecule has 0 amide bonds. The Hall–Kier alpha value is -2.46. The summed E-state index contributed by atoms with van der Waals surface area (Å²) in [4.78, 5) is 47.5. The van der Waals surface area contributed by atoms with Gasteiger partial charge in [0.2, 0.25) is 0 Å². The molecule has 0 spiro atoms. The van der Waals surface area contributed by atoms with Gasteiger partial charge in [0.25, 0.3) is 0 Å². The fourth-order valence-corrected chi connectivity index (χ4v) is 6.14. The summed E-state index contributed by atoms with van der Waals surface area (Å²) >= 11 is 2.81. The van der Waals surface area contributed by atoms with Crippen LogP contribution in [0.1, 0.15) is 26.3 Å². The topological polar surface area (TPSA) is 109 Å². The molecule has 0 radical (unpaired) electrons. The molecule has 3 rings (SSSR count). The van der Waals surface area contributed by atoms with E-state index >= 15 is 0 Å². The van der Waals surface area contributed by atoms with Crippen molar-refractivity contribution >= 4 is 52.4 Å². The SMILES string of the molecule is CC(=O)O[C@@H]1[C@@H](OC(C)=O)[C@H](Sc2ccc3c(C)cc(=O)oc3c2)SC[C@H]1OC(C)=O. The highest BCUT2D eigenvalue weighted by molar-refractivity contribution is 8.17. The van der Waals surface area contributed by atoms with Crippen LogP contribution < -0.4 is 5.63 Å². The van der Waals surface area contributed by atoms with Crippen LogP contribution in [0.2, 0.25) is 0 Å². The zero-order chi connectivity index (χ0) is 22.7. The first-order valence-corrected chi connectivity index (χ1v) is 11.4. The standard InChI is InChI=1S/C21H22O8S2/c1-10-7-18(25)29-16-8-14(5-6-15(10)16)31-21-20(28-13(4)24)19(27-12(3)23)17(9-30-21)26-11(2)22/h5-8,17,19-21H,9H2,1-4H3/t17-,19+,20-,21+/m1/s1. The Labute approximate surface area is 187 Å². The lowest BCUT2D eigenvalue weighted by Crippen LogP contribution is -2.53. The van der Waals surface area contributed by atoms with Gasteiger partial charge in [-0.05, 0) is 30.7 Å². The van der Waals surface area contributed by atoms with Crippen molar-refractivity contribution in [2.24, 2.45) is 0 Å². The summed E-state index contributed by atoms with van der Waals surface area (Å²) in [7, 11) is 0. The van der Waals surface area contributed by atoms with Crippen molar-refractivity contribution in [2.75, 3.05) is 5.75 Å².